The minimum atomic E-state index is 1.05. The van der Waals surface area contributed by atoms with Crippen molar-refractivity contribution in [3.8, 4) is 0 Å². The molecule has 0 bridgehead atoms. The molecule has 1 aromatic rings. The van der Waals surface area contributed by atoms with E-state index in [0.29, 0.717) is 0 Å². The first-order valence-electron chi connectivity index (χ1n) is 7.01. The van der Waals surface area contributed by atoms with E-state index < -0.39 is 0 Å². The Labute approximate surface area is 104 Å². The van der Waals surface area contributed by atoms with Gasteiger partial charge in [-0.05, 0) is 49.1 Å². The van der Waals surface area contributed by atoms with Gasteiger partial charge in [0.1, 0.15) is 0 Å². The molecule has 1 fully saturated rings. The molecular formula is C15H22N2. The average molecular weight is 230 g/mol. The lowest BCUT2D eigenvalue weighted by Gasteiger charge is -2.25. The summed E-state index contributed by atoms with van der Waals surface area (Å²) in [7, 11) is 0. The molecule has 2 heterocycles. The molecular weight excluding hydrogens is 208 g/mol. The van der Waals surface area contributed by atoms with E-state index in [1.165, 1.54) is 56.4 Å². The van der Waals surface area contributed by atoms with E-state index in [1.807, 2.05) is 0 Å². The summed E-state index contributed by atoms with van der Waals surface area (Å²) in [4.78, 5) is 2.57. The van der Waals surface area contributed by atoms with E-state index >= 15 is 0 Å². The average Bonchev–Trinajstić information content (AvgIpc) is 2.67. The maximum absolute atomic E-state index is 3.46. The summed E-state index contributed by atoms with van der Waals surface area (Å²) in [6, 6.07) is 7.08. The Bertz CT molecular complexity index is 379. The number of rotatable bonds is 1. The van der Waals surface area contributed by atoms with Crippen LogP contribution in [-0.2, 0) is 13.0 Å². The monoisotopic (exact) mass is 230 g/mol. The SMILES string of the molecule is c1cc2c(cc1N1CCCCCC1)CNCC2. The first-order chi connectivity index (χ1) is 8.43. The number of fused-ring (bicyclic) bond motifs is 1. The summed E-state index contributed by atoms with van der Waals surface area (Å²) in [5, 5.41) is 3.46. The van der Waals surface area contributed by atoms with Crippen LogP contribution >= 0.6 is 0 Å². The van der Waals surface area contributed by atoms with Gasteiger partial charge in [0.15, 0.2) is 0 Å². The second-order valence-corrected chi connectivity index (χ2v) is 5.28. The largest absolute Gasteiger partial charge is 0.372 e. The van der Waals surface area contributed by atoms with Crippen LogP contribution in [0.3, 0.4) is 0 Å². The number of nitrogens with one attached hydrogen (secondary N) is 1. The number of benzene rings is 1. The third-order valence-electron chi connectivity index (χ3n) is 4.05. The molecule has 2 heteroatoms. The van der Waals surface area contributed by atoms with Crippen molar-refractivity contribution in [3.63, 3.8) is 0 Å². The second kappa shape index (κ2) is 5.09. The zero-order chi connectivity index (χ0) is 11.5. The van der Waals surface area contributed by atoms with Crippen LogP contribution in [-0.4, -0.2) is 19.6 Å². The van der Waals surface area contributed by atoms with Gasteiger partial charge in [-0.1, -0.05) is 18.9 Å². The lowest BCUT2D eigenvalue weighted by atomic mass is 10.00. The van der Waals surface area contributed by atoms with Gasteiger partial charge in [-0.15, -0.1) is 0 Å². The Hall–Kier alpha value is -1.02. The molecule has 92 valence electrons. The van der Waals surface area contributed by atoms with Gasteiger partial charge in [-0.2, -0.15) is 0 Å². The van der Waals surface area contributed by atoms with E-state index in [2.05, 4.69) is 28.4 Å². The van der Waals surface area contributed by atoms with Crippen molar-refractivity contribution in [2.24, 2.45) is 0 Å². The first kappa shape index (κ1) is 11.1. The lowest BCUT2D eigenvalue weighted by molar-refractivity contribution is 0.643. The maximum atomic E-state index is 3.46. The molecule has 1 aromatic carbocycles. The highest BCUT2D eigenvalue weighted by Crippen LogP contribution is 2.24. The molecule has 2 aliphatic rings. The topological polar surface area (TPSA) is 15.3 Å². The van der Waals surface area contributed by atoms with Crippen molar-refractivity contribution in [1.82, 2.24) is 5.32 Å². The van der Waals surface area contributed by atoms with Crippen molar-refractivity contribution in [3.05, 3.63) is 29.3 Å². The Morgan fingerprint density at radius 1 is 0.941 bits per heavy atom. The molecule has 0 aliphatic carbocycles. The summed E-state index contributed by atoms with van der Waals surface area (Å²) >= 11 is 0. The molecule has 1 saturated heterocycles. The number of hydrogen-bond donors (Lipinski definition) is 1. The molecule has 0 aromatic heterocycles. The molecule has 3 rings (SSSR count). The van der Waals surface area contributed by atoms with Crippen LogP contribution in [0.5, 0.6) is 0 Å². The summed E-state index contributed by atoms with van der Waals surface area (Å²) < 4.78 is 0. The number of anilines is 1. The van der Waals surface area contributed by atoms with Gasteiger partial charge in [-0.3, -0.25) is 0 Å². The third-order valence-corrected chi connectivity index (χ3v) is 4.05. The van der Waals surface area contributed by atoms with Crippen LogP contribution in [0.1, 0.15) is 36.8 Å². The van der Waals surface area contributed by atoms with Crippen molar-refractivity contribution in [2.75, 3.05) is 24.5 Å². The fraction of sp³-hybridized carbons (Fsp3) is 0.600. The highest BCUT2D eigenvalue weighted by molar-refractivity contribution is 5.51. The Balaban J connectivity index is 1.82. The molecule has 0 radical (unpaired) electrons. The van der Waals surface area contributed by atoms with E-state index in [4.69, 9.17) is 0 Å². The van der Waals surface area contributed by atoms with Crippen LogP contribution < -0.4 is 10.2 Å². The van der Waals surface area contributed by atoms with Gasteiger partial charge in [0.25, 0.3) is 0 Å². The molecule has 0 saturated carbocycles. The number of nitrogens with zero attached hydrogens (tertiary/aromatic N) is 1. The highest BCUT2D eigenvalue weighted by atomic mass is 15.1. The predicted octanol–water partition coefficient (Wildman–Crippen LogP) is 2.71. The predicted molar refractivity (Wildman–Crippen MR) is 72.5 cm³/mol. The normalized spacial score (nSPS) is 20.8. The van der Waals surface area contributed by atoms with Gasteiger partial charge in [0.05, 0.1) is 0 Å². The van der Waals surface area contributed by atoms with Crippen molar-refractivity contribution < 1.29 is 0 Å². The van der Waals surface area contributed by atoms with Gasteiger partial charge in [0.2, 0.25) is 0 Å². The molecule has 2 nitrogen and oxygen atoms in total. The van der Waals surface area contributed by atoms with E-state index in [9.17, 15) is 0 Å². The van der Waals surface area contributed by atoms with E-state index in [0.717, 1.165) is 13.1 Å². The first-order valence-corrected chi connectivity index (χ1v) is 7.01. The van der Waals surface area contributed by atoms with Crippen molar-refractivity contribution in [1.29, 1.82) is 0 Å². The van der Waals surface area contributed by atoms with Gasteiger partial charge >= 0.3 is 0 Å². The molecule has 2 aliphatic heterocycles. The fourth-order valence-electron chi connectivity index (χ4n) is 2.99. The van der Waals surface area contributed by atoms with Crippen LogP contribution in [0.4, 0.5) is 5.69 Å². The quantitative estimate of drug-likeness (QED) is 0.798. The highest BCUT2D eigenvalue weighted by Gasteiger charge is 2.13. The van der Waals surface area contributed by atoms with Gasteiger partial charge in [-0.25, -0.2) is 0 Å². The third kappa shape index (κ3) is 2.47. The smallest absolute Gasteiger partial charge is 0.0369 e. The van der Waals surface area contributed by atoms with Crippen LogP contribution in [0.25, 0.3) is 0 Å². The maximum Gasteiger partial charge on any atom is 0.0369 e. The fourth-order valence-corrected chi connectivity index (χ4v) is 2.99. The lowest BCUT2D eigenvalue weighted by Crippen LogP contribution is -2.26. The van der Waals surface area contributed by atoms with Crippen LogP contribution in [0.2, 0.25) is 0 Å². The summed E-state index contributed by atoms with van der Waals surface area (Å²) in [6.45, 7) is 4.67. The minimum Gasteiger partial charge on any atom is -0.372 e. The zero-order valence-corrected chi connectivity index (χ0v) is 10.5. The molecule has 0 atom stereocenters. The van der Waals surface area contributed by atoms with Crippen molar-refractivity contribution in [2.45, 2.75) is 38.6 Å². The second-order valence-electron chi connectivity index (χ2n) is 5.28. The minimum absolute atomic E-state index is 1.05. The zero-order valence-electron chi connectivity index (χ0n) is 10.5. The molecule has 0 unspecified atom stereocenters. The van der Waals surface area contributed by atoms with Gasteiger partial charge in [0, 0.05) is 25.3 Å². The van der Waals surface area contributed by atoms with Crippen LogP contribution in [0.15, 0.2) is 18.2 Å². The standard InChI is InChI=1S/C15H22N2/c1-2-4-10-17(9-3-1)15-6-5-13-7-8-16-12-14(13)11-15/h5-6,11,16H,1-4,7-10,12H2. The molecule has 17 heavy (non-hydrogen) atoms. The van der Waals surface area contributed by atoms with Crippen molar-refractivity contribution >= 4 is 5.69 Å². The molecule has 1 N–H and O–H groups in total. The molecule has 0 spiro atoms. The molecule has 0 amide bonds. The Kier molecular flexibility index (Phi) is 3.32. The summed E-state index contributed by atoms with van der Waals surface area (Å²) in [6.07, 6.45) is 6.71. The Morgan fingerprint density at radius 3 is 2.59 bits per heavy atom. The number of hydrogen-bond acceptors (Lipinski definition) is 2. The summed E-state index contributed by atoms with van der Waals surface area (Å²) in [5.74, 6) is 0. The van der Waals surface area contributed by atoms with E-state index in [-0.39, 0.29) is 0 Å². The van der Waals surface area contributed by atoms with Crippen LogP contribution in [0, 0.1) is 0 Å². The van der Waals surface area contributed by atoms with Gasteiger partial charge < -0.3 is 10.2 Å². The summed E-state index contributed by atoms with van der Waals surface area (Å²) in [5.41, 5.74) is 4.50. The van der Waals surface area contributed by atoms with E-state index in [1.54, 1.807) is 5.56 Å². The Morgan fingerprint density at radius 2 is 1.76 bits per heavy atom.